The predicted molar refractivity (Wildman–Crippen MR) is 79.6 cm³/mol. The van der Waals surface area contributed by atoms with Crippen LogP contribution in [-0.2, 0) is 4.74 Å². The lowest BCUT2D eigenvalue weighted by Gasteiger charge is -2.44. The molecule has 0 aliphatic carbocycles. The maximum absolute atomic E-state index is 5.78. The smallest absolute Gasteiger partial charge is 0.0702 e. The molecule has 0 bridgehead atoms. The van der Waals surface area contributed by atoms with E-state index >= 15 is 0 Å². The number of likely N-dealkylation sites (N-methyl/N-ethyl adjacent to an activating group) is 1. The van der Waals surface area contributed by atoms with Crippen LogP contribution in [-0.4, -0.2) is 73.9 Å². The van der Waals surface area contributed by atoms with Gasteiger partial charge in [0, 0.05) is 51.4 Å². The first kappa shape index (κ1) is 15.2. The topological polar surface area (TPSA) is 27.7 Å². The van der Waals surface area contributed by atoms with E-state index in [1.807, 2.05) is 0 Å². The molecule has 2 aliphatic heterocycles. The summed E-state index contributed by atoms with van der Waals surface area (Å²) in [7, 11) is 0. The average molecular weight is 269 g/mol. The molecule has 2 aliphatic rings. The third-order valence-corrected chi connectivity index (χ3v) is 4.52. The van der Waals surface area contributed by atoms with Crippen LogP contribution in [0.15, 0.2) is 0 Å². The largest absolute Gasteiger partial charge is 0.377 e. The van der Waals surface area contributed by atoms with Crippen molar-refractivity contribution in [1.29, 1.82) is 0 Å². The molecule has 4 nitrogen and oxygen atoms in total. The second-order valence-corrected chi connectivity index (χ2v) is 6.51. The molecular weight excluding hydrogens is 238 g/mol. The second kappa shape index (κ2) is 7.02. The van der Waals surface area contributed by atoms with Crippen LogP contribution in [0.4, 0.5) is 0 Å². The summed E-state index contributed by atoms with van der Waals surface area (Å²) in [5.41, 5.74) is 0.261. The molecule has 4 heteroatoms. The van der Waals surface area contributed by atoms with Crippen molar-refractivity contribution in [1.82, 2.24) is 15.1 Å². The Kier molecular flexibility index (Phi) is 5.63. The molecule has 1 unspecified atom stereocenters. The number of nitrogens with zero attached hydrogens (tertiary/aromatic N) is 2. The van der Waals surface area contributed by atoms with Gasteiger partial charge in [0.25, 0.3) is 0 Å². The van der Waals surface area contributed by atoms with Gasteiger partial charge in [-0.3, -0.25) is 9.80 Å². The lowest BCUT2D eigenvalue weighted by atomic mass is 10.0. The van der Waals surface area contributed by atoms with Gasteiger partial charge in [0.15, 0.2) is 0 Å². The number of rotatable bonds is 6. The Morgan fingerprint density at radius 3 is 2.63 bits per heavy atom. The Morgan fingerprint density at radius 1 is 1.32 bits per heavy atom. The first-order chi connectivity index (χ1) is 9.12. The third-order valence-electron chi connectivity index (χ3n) is 4.52. The van der Waals surface area contributed by atoms with E-state index in [4.69, 9.17) is 4.74 Å². The number of hydrogen-bond donors (Lipinski definition) is 1. The van der Waals surface area contributed by atoms with Gasteiger partial charge in [0.1, 0.15) is 0 Å². The van der Waals surface area contributed by atoms with Crippen LogP contribution in [0.2, 0.25) is 0 Å². The fraction of sp³-hybridized carbons (Fsp3) is 1.00. The van der Waals surface area contributed by atoms with E-state index in [1.165, 1.54) is 25.9 Å². The molecule has 0 aromatic heterocycles. The molecule has 0 radical (unpaired) electrons. The highest BCUT2D eigenvalue weighted by Gasteiger charge is 2.30. The summed E-state index contributed by atoms with van der Waals surface area (Å²) in [4.78, 5) is 5.19. The van der Waals surface area contributed by atoms with Crippen molar-refractivity contribution >= 4 is 0 Å². The molecule has 2 heterocycles. The van der Waals surface area contributed by atoms with Crippen molar-refractivity contribution in [3.8, 4) is 0 Å². The molecule has 0 saturated carbocycles. The van der Waals surface area contributed by atoms with E-state index in [-0.39, 0.29) is 5.54 Å². The first-order valence-electron chi connectivity index (χ1n) is 7.91. The van der Waals surface area contributed by atoms with Crippen molar-refractivity contribution in [2.75, 3.05) is 52.4 Å². The van der Waals surface area contributed by atoms with Gasteiger partial charge in [-0.1, -0.05) is 6.92 Å². The average Bonchev–Trinajstić information content (AvgIpc) is 2.91. The summed E-state index contributed by atoms with van der Waals surface area (Å²) >= 11 is 0. The van der Waals surface area contributed by atoms with E-state index in [0.717, 1.165) is 39.3 Å². The van der Waals surface area contributed by atoms with Gasteiger partial charge in [0.05, 0.1) is 6.10 Å². The summed E-state index contributed by atoms with van der Waals surface area (Å²) in [6, 6.07) is 0. The van der Waals surface area contributed by atoms with Crippen LogP contribution in [0.5, 0.6) is 0 Å². The monoisotopic (exact) mass is 269 g/mol. The number of hydrogen-bond acceptors (Lipinski definition) is 4. The van der Waals surface area contributed by atoms with E-state index in [1.54, 1.807) is 0 Å². The van der Waals surface area contributed by atoms with Crippen LogP contribution in [0.3, 0.4) is 0 Å². The molecule has 19 heavy (non-hydrogen) atoms. The summed E-state index contributed by atoms with van der Waals surface area (Å²) in [6.45, 7) is 16.0. The zero-order valence-corrected chi connectivity index (χ0v) is 13.0. The lowest BCUT2D eigenvalue weighted by molar-refractivity contribution is 0.0328. The van der Waals surface area contributed by atoms with Gasteiger partial charge in [-0.2, -0.15) is 0 Å². The fourth-order valence-electron chi connectivity index (χ4n) is 3.30. The van der Waals surface area contributed by atoms with Crippen molar-refractivity contribution in [2.45, 2.75) is 45.3 Å². The number of nitrogens with one attached hydrogen (secondary N) is 1. The maximum atomic E-state index is 5.78. The van der Waals surface area contributed by atoms with E-state index in [2.05, 4.69) is 35.9 Å². The molecular formula is C15H31N3O. The van der Waals surface area contributed by atoms with Gasteiger partial charge in [-0.15, -0.1) is 0 Å². The highest BCUT2D eigenvalue weighted by Crippen LogP contribution is 2.19. The second-order valence-electron chi connectivity index (χ2n) is 6.51. The lowest BCUT2D eigenvalue weighted by Crippen LogP contribution is -2.58. The van der Waals surface area contributed by atoms with Crippen LogP contribution in [0.1, 0.15) is 33.6 Å². The van der Waals surface area contributed by atoms with Crippen LogP contribution < -0.4 is 5.32 Å². The first-order valence-corrected chi connectivity index (χ1v) is 7.91. The summed E-state index contributed by atoms with van der Waals surface area (Å²) in [5, 5.41) is 3.44. The van der Waals surface area contributed by atoms with Crippen molar-refractivity contribution in [2.24, 2.45) is 0 Å². The Morgan fingerprint density at radius 2 is 2.05 bits per heavy atom. The van der Waals surface area contributed by atoms with Crippen molar-refractivity contribution in [3.05, 3.63) is 0 Å². The standard InChI is InChI=1S/C15H31N3O/c1-4-17(12-14-6-5-11-19-14)13-15(2,3)18-9-7-16-8-10-18/h14,16H,4-13H2,1-3H3. The molecule has 0 aromatic rings. The minimum Gasteiger partial charge on any atom is -0.377 e. The highest BCUT2D eigenvalue weighted by molar-refractivity contribution is 4.88. The van der Waals surface area contributed by atoms with Crippen LogP contribution in [0.25, 0.3) is 0 Å². The maximum Gasteiger partial charge on any atom is 0.0702 e. The van der Waals surface area contributed by atoms with Crippen LogP contribution >= 0.6 is 0 Å². The Labute approximate surface area is 118 Å². The predicted octanol–water partition coefficient (Wildman–Crippen LogP) is 1.17. The molecule has 2 saturated heterocycles. The molecule has 0 aromatic carbocycles. The van der Waals surface area contributed by atoms with Gasteiger partial charge < -0.3 is 10.1 Å². The summed E-state index contributed by atoms with van der Waals surface area (Å²) in [5.74, 6) is 0. The summed E-state index contributed by atoms with van der Waals surface area (Å²) < 4.78 is 5.78. The molecule has 1 N–H and O–H groups in total. The Bertz CT molecular complexity index is 258. The van der Waals surface area contributed by atoms with E-state index < -0.39 is 0 Å². The van der Waals surface area contributed by atoms with Crippen LogP contribution in [0, 0.1) is 0 Å². The van der Waals surface area contributed by atoms with E-state index in [9.17, 15) is 0 Å². The van der Waals surface area contributed by atoms with Crippen molar-refractivity contribution in [3.63, 3.8) is 0 Å². The van der Waals surface area contributed by atoms with Gasteiger partial charge in [-0.25, -0.2) is 0 Å². The molecule has 112 valence electrons. The highest BCUT2D eigenvalue weighted by atomic mass is 16.5. The molecule has 1 atom stereocenters. The number of ether oxygens (including phenoxy) is 1. The summed E-state index contributed by atoms with van der Waals surface area (Å²) in [6.07, 6.45) is 2.95. The molecule has 0 spiro atoms. The normalized spacial score (nSPS) is 26.2. The fourth-order valence-corrected chi connectivity index (χ4v) is 3.30. The van der Waals surface area contributed by atoms with Gasteiger partial charge in [-0.05, 0) is 33.2 Å². The zero-order valence-electron chi connectivity index (χ0n) is 13.0. The molecule has 2 fully saturated rings. The Balaban J connectivity index is 1.84. The molecule has 0 amide bonds. The third kappa shape index (κ3) is 4.42. The molecule has 2 rings (SSSR count). The Hall–Kier alpha value is -0.160. The zero-order chi connectivity index (χ0) is 13.7. The van der Waals surface area contributed by atoms with E-state index in [0.29, 0.717) is 6.10 Å². The van der Waals surface area contributed by atoms with Crippen molar-refractivity contribution < 1.29 is 4.74 Å². The quantitative estimate of drug-likeness (QED) is 0.783. The SMILES string of the molecule is CCN(CC1CCCO1)CC(C)(C)N1CCNCC1. The minimum absolute atomic E-state index is 0.261. The number of piperazine rings is 1. The van der Waals surface area contributed by atoms with Gasteiger partial charge in [0.2, 0.25) is 0 Å². The van der Waals surface area contributed by atoms with Gasteiger partial charge >= 0.3 is 0 Å². The minimum atomic E-state index is 0.261.